The van der Waals surface area contributed by atoms with Crippen molar-refractivity contribution < 1.29 is 19.6 Å². The molecule has 146 valence electrons. The van der Waals surface area contributed by atoms with E-state index in [1.807, 2.05) is 29.6 Å². The first-order chi connectivity index (χ1) is 13.5. The van der Waals surface area contributed by atoms with Gasteiger partial charge in [-0.3, -0.25) is 9.59 Å². The van der Waals surface area contributed by atoms with E-state index < -0.39 is 17.4 Å². The molecule has 2 aromatic rings. The largest absolute Gasteiger partial charge is 0.320 e. The number of ether oxygens (including phenoxy) is 1. The second-order valence-electron chi connectivity index (χ2n) is 7.75. The summed E-state index contributed by atoms with van der Waals surface area (Å²) in [4.78, 5) is 26.4. The molecule has 1 aliphatic carbocycles. The Hall–Kier alpha value is -2.21. The van der Waals surface area contributed by atoms with E-state index in [0.717, 1.165) is 43.2 Å². The van der Waals surface area contributed by atoms with Crippen LogP contribution in [-0.4, -0.2) is 24.3 Å². The quantitative estimate of drug-likeness (QED) is 0.776. The number of hydrogen-bond acceptors (Lipinski definition) is 3. The third-order valence-corrected chi connectivity index (χ3v) is 6.39. The van der Waals surface area contributed by atoms with E-state index in [2.05, 4.69) is 5.32 Å². The fraction of sp³-hybridized carbons (Fsp3) is 0.364. The topological polar surface area (TPSA) is 72.0 Å². The van der Waals surface area contributed by atoms with E-state index in [4.69, 9.17) is 16.3 Å². The highest BCUT2D eigenvalue weighted by Crippen LogP contribution is 2.38. The van der Waals surface area contributed by atoms with Crippen LogP contribution in [0.4, 0.5) is 5.69 Å². The van der Waals surface area contributed by atoms with Crippen LogP contribution in [0, 0.1) is 0 Å². The smallest absolute Gasteiger partial charge is 0.314 e. The zero-order chi connectivity index (χ0) is 19.8. The average Bonchev–Trinajstić information content (AvgIpc) is 3.15. The molecule has 4 rings (SSSR count). The molecular formula is C22H24ClN2O3+. The molecule has 2 aliphatic rings. The lowest BCUT2D eigenvalue weighted by atomic mass is 9.77. The fourth-order valence-electron chi connectivity index (χ4n) is 4.74. The molecule has 0 aromatic heterocycles. The molecule has 28 heavy (non-hydrogen) atoms. The van der Waals surface area contributed by atoms with Crippen LogP contribution in [0.5, 0.6) is 0 Å². The standard InChI is InChI=1S/C22H23ClN2O3/c1-28-22(19(26)20(27)24-18-11-5-4-10-17(18)23)16-9-3-2-8-15(16)14-21(25-22)12-6-7-13-21/h2-5,8-11,25H,6-7,12-14H2,1H3,(H,24,27)/p+1/t22-/m1/s1. The number of halogens is 1. The van der Waals surface area contributed by atoms with Crippen LogP contribution >= 0.6 is 11.6 Å². The van der Waals surface area contributed by atoms with Crippen LogP contribution in [0.3, 0.4) is 0 Å². The highest BCUT2D eigenvalue weighted by Gasteiger charge is 2.58. The van der Waals surface area contributed by atoms with Crippen molar-refractivity contribution in [2.24, 2.45) is 0 Å². The number of Topliss-reactive ketones (excluding diaryl/α,β-unsaturated/α-hetero) is 1. The Morgan fingerprint density at radius 1 is 1.07 bits per heavy atom. The molecule has 1 saturated carbocycles. The average molecular weight is 400 g/mol. The van der Waals surface area contributed by atoms with E-state index >= 15 is 0 Å². The molecule has 1 spiro atoms. The number of carbonyl (C=O) groups is 2. The van der Waals surface area contributed by atoms with Gasteiger partial charge in [-0.05, 0) is 36.6 Å². The summed E-state index contributed by atoms with van der Waals surface area (Å²) in [7, 11) is 1.50. The predicted molar refractivity (Wildman–Crippen MR) is 107 cm³/mol. The molecule has 1 aliphatic heterocycles. The highest BCUT2D eigenvalue weighted by molar-refractivity contribution is 6.44. The Kier molecular flexibility index (Phi) is 5.00. The Labute approximate surface area is 169 Å². The van der Waals surface area contributed by atoms with Gasteiger partial charge in [-0.1, -0.05) is 41.9 Å². The van der Waals surface area contributed by atoms with Gasteiger partial charge in [-0.15, -0.1) is 0 Å². The summed E-state index contributed by atoms with van der Waals surface area (Å²) in [5.41, 5.74) is 0.755. The third kappa shape index (κ3) is 3.13. The summed E-state index contributed by atoms with van der Waals surface area (Å²) in [5.74, 6) is -1.34. The minimum absolute atomic E-state index is 0.106. The first-order valence-corrected chi connectivity index (χ1v) is 9.98. The molecule has 0 radical (unpaired) electrons. The predicted octanol–water partition coefficient (Wildman–Crippen LogP) is 2.78. The highest BCUT2D eigenvalue weighted by atomic mass is 35.5. The molecule has 1 heterocycles. The SMILES string of the molecule is CO[C@]1(C(=O)C(=O)Nc2ccccc2Cl)[NH2+]C2(CCCC2)Cc2ccccc21. The molecule has 0 saturated heterocycles. The molecule has 2 aromatic carbocycles. The number of carbonyl (C=O) groups excluding carboxylic acids is 2. The van der Waals surface area contributed by atoms with Gasteiger partial charge in [0.15, 0.2) is 0 Å². The Morgan fingerprint density at radius 3 is 2.46 bits per heavy atom. The van der Waals surface area contributed by atoms with Crippen LogP contribution in [0.15, 0.2) is 48.5 Å². The Bertz CT molecular complexity index is 924. The molecule has 3 N–H and O–H groups in total. The first-order valence-electron chi connectivity index (χ1n) is 9.61. The molecule has 1 atom stereocenters. The normalized spacial score (nSPS) is 22.6. The van der Waals surface area contributed by atoms with Gasteiger partial charge in [-0.25, -0.2) is 0 Å². The number of fused-ring (bicyclic) bond motifs is 1. The monoisotopic (exact) mass is 399 g/mol. The van der Waals surface area contributed by atoms with Crippen LogP contribution < -0.4 is 10.6 Å². The minimum atomic E-state index is -1.38. The van der Waals surface area contributed by atoms with Gasteiger partial charge in [-0.2, -0.15) is 0 Å². The molecule has 1 amide bonds. The van der Waals surface area contributed by atoms with Crippen molar-refractivity contribution in [2.45, 2.75) is 43.4 Å². The number of methoxy groups -OCH3 is 1. The molecule has 6 heteroatoms. The summed E-state index contributed by atoms with van der Waals surface area (Å²) in [6.07, 6.45) is 5.14. The number of nitrogens with two attached hydrogens (primary N) is 1. The summed E-state index contributed by atoms with van der Waals surface area (Å²) in [6, 6.07) is 14.6. The van der Waals surface area contributed by atoms with Gasteiger partial charge in [0.2, 0.25) is 0 Å². The van der Waals surface area contributed by atoms with E-state index in [1.165, 1.54) is 7.11 Å². The summed E-state index contributed by atoms with van der Waals surface area (Å²) in [5, 5.41) is 5.04. The van der Waals surface area contributed by atoms with Crippen molar-refractivity contribution in [1.82, 2.24) is 0 Å². The summed E-state index contributed by atoms with van der Waals surface area (Å²) in [6.45, 7) is 0. The lowest BCUT2D eigenvalue weighted by Crippen LogP contribution is -3.08. The number of anilines is 1. The lowest BCUT2D eigenvalue weighted by molar-refractivity contribution is -0.821. The Morgan fingerprint density at radius 2 is 1.75 bits per heavy atom. The van der Waals surface area contributed by atoms with Crippen molar-refractivity contribution in [3.05, 3.63) is 64.7 Å². The van der Waals surface area contributed by atoms with E-state index in [1.54, 1.807) is 24.3 Å². The van der Waals surface area contributed by atoms with Crippen molar-refractivity contribution in [1.29, 1.82) is 0 Å². The number of nitrogens with one attached hydrogen (secondary N) is 1. The van der Waals surface area contributed by atoms with Crippen molar-refractivity contribution in [3.63, 3.8) is 0 Å². The molecule has 1 fully saturated rings. The van der Waals surface area contributed by atoms with Gasteiger partial charge < -0.3 is 15.4 Å². The lowest BCUT2D eigenvalue weighted by Gasteiger charge is -2.43. The maximum absolute atomic E-state index is 13.5. The minimum Gasteiger partial charge on any atom is -0.320 e. The molecule has 0 bridgehead atoms. The van der Waals surface area contributed by atoms with Gasteiger partial charge >= 0.3 is 11.7 Å². The zero-order valence-electron chi connectivity index (χ0n) is 15.8. The van der Waals surface area contributed by atoms with Crippen LogP contribution in [0.1, 0.15) is 36.8 Å². The van der Waals surface area contributed by atoms with Crippen LogP contribution in [0.25, 0.3) is 0 Å². The maximum Gasteiger partial charge on any atom is 0.314 e. The summed E-state index contributed by atoms with van der Waals surface area (Å²) >= 11 is 6.14. The van der Waals surface area contributed by atoms with Gasteiger partial charge in [0, 0.05) is 26.4 Å². The van der Waals surface area contributed by atoms with Crippen LogP contribution in [0.2, 0.25) is 5.02 Å². The van der Waals surface area contributed by atoms with Crippen molar-refractivity contribution >= 4 is 29.0 Å². The van der Waals surface area contributed by atoms with Gasteiger partial charge in [0.25, 0.3) is 5.72 Å². The molecule has 5 nitrogen and oxygen atoms in total. The number of para-hydroxylation sites is 1. The number of quaternary nitrogens is 1. The second kappa shape index (κ2) is 7.32. The van der Waals surface area contributed by atoms with E-state index in [0.29, 0.717) is 10.7 Å². The van der Waals surface area contributed by atoms with Gasteiger partial charge in [0.1, 0.15) is 5.54 Å². The summed E-state index contributed by atoms with van der Waals surface area (Å²) < 4.78 is 5.84. The van der Waals surface area contributed by atoms with E-state index in [-0.39, 0.29) is 5.54 Å². The number of amides is 1. The molecule has 0 unspecified atom stereocenters. The Balaban J connectivity index is 1.73. The van der Waals surface area contributed by atoms with Crippen LogP contribution in [-0.2, 0) is 26.5 Å². The maximum atomic E-state index is 13.5. The number of hydrogen-bond donors (Lipinski definition) is 2. The second-order valence-corrected chi connectivity index (χ2v) is 8.16. The third-order valence-electron chi connectivity index (χ3n) is 6.06. The molecular weight excluding hydrogens is 376 g/mol. The van der Waals surface area contributed by atoms with Crippen molar-refractivity contribution in [3.8, 4) is 0 Å². The fourth-order valence-corrected chi connectivity index (χ4v) is 4.92. The van der Waals surface area contributed by atoms with E-state index in [9.17, 15) is 9.59 Å². The number of ketones is 1. The first kappa shape index (κ1) is 19.1. The van der Waals surface area contributed by atoms with Crippen molar-refractivity contribution in [2.75, 3.05) is 12.4 Å². The number of benzene rings is 2. The number of rotatable bonds is 4. The van der Waals surface area contributed by atoms with Gasteiger partial charge in [0.05, 0.1) is 16.3 Å². The zero-order valence-corrected chi connectivity index (χ0v) is 16.6.